The molecule has 0 aliphatic rings. The van der Waals surface area contributed by atoms with Gasteiger partial charge in [-0.2, -0.15) is 4.98 Å². The van der Waals surface area contributed by atoms with Gasteiger partial charge in [0.2, 0.25) is 5.82 Å². The van der Waals surface area contributed by atoms with Crippen LogP contribution in [0.15, 0.2) is 47.0 Å². The smallest absolute Gasteiger partial charge is 0.258 e. The van der Waals surface area contributed by atoms with Crippen LogP contribution in [0.1, 0.15) is 0 Å². The van der Waals surface area contributed by atoms with Gasteiger partial charge in [-0.3, -0.25) is 0 Å². The molecule has 0 spiro atoms. The highest BCUT2D eigenvalue weighted by Crippen LogP contribution is 2.33. The lowest BCUT2D eigenvalue weighted by Crippen LogP contribution is -1.89. The molecule has 1 aromatic heterocycles. The lowest BCUT2D eigenvalue weighted by molar-refractivity contribution is 0.432. The van der Waals surface area contributed by atoms with Crippen LogP contribution in [-0.4, -0.2) is 10.1 Å². The van der Waals surface area contributed by atoms with E-state index >= 15 is 0 Å². The van der Waals surface area contributed by atoms with E-state index in [4.69, 9.17) is 33.5 Å². The van der Waals surface area contributed by atoms with Crippen LogP contribution in [0.2, 0.25) is 10.0 Å². The molecule has 0 bridgehead atoms. The molecule has 0 unspecified atom stereocenters. The van der Waals surface area contributed by atoms with E-state index in [1.54, 1.807) is 12.1 Å². The van der Waals surface area contributed by atoms with E-state index in [9.17, 15) is 0 Å². The van der Waals surface area contributed by atoms with E-state index in [0.29, 0.717) is 33.0 Å². The SMILES string of the molecule is Nc1c(Cl)cc(-c2nc(-c3ccccc3)no2)cc1Cl. The molecule has 0 fully saturated rings. The first-order valence-electron chi connectivity index (χ1n) is 5.79. The summed E-state index contributed by atoms with van der Waals surface area (Å²) in [6.07, 6.45) is 0. The summed E-state index contributed by atoms with van der Waals surface area (Å²) in [5.41, 5.74) is 7.53. The third kappa shape index (κ3) is 2.35. The van der Waals surface area contributed by atoms with Gasteiger partial charge in [-0.15, -0.1) is 0 Å². The minimum atomic E-state index is 0.333. The summed E-state index contributed by atoms with van der Waals surface area (Å²) in [6.45, 7) is 0. The zero-order valence-corrected chi connectivity index (χ0v) is 11.7. The number of rotatable bonds is 2. The fourth-order valence-corrected chi connectivity index (χ4v) is 2.24. The third-order valence-electron chi connectivity index (χ3n) is 2.78. The lowest BCUT2D eigenvalue weighted by atomic mass is 10.2. The fourth-order valence-electron chi connectivity index (χ4n) is 1.75. The van der Waals surface area contributed by atoms with Gasteiger partial charge in [0.1, 0.15) is 0 Å². The largest absolute Gasteiger partial charge is 0.396 e. The average molecular weight is 306 g/mol. The lowest BCUT2D eigenvalue weighted by Gasteiger charge is -2.02. The Morgan fingerprint density at radius 2 is 1.60 bits per heavy atom. The first-order valence-corrected chi connectivity index (χ1v) is 6.55. The van der Waals surface area contributed by atoms with Gasteiger partial charge in [0.15, 0.2) is 0 Å². The molecule has 4 nitrogen and oxygen atoms in total. The quantitative estimate of drug-likeness (QED) is 0.717. The first-order chi connectivity index (χ1) is 9.65. The standard InChI is InChI=1S/C14H9Cl2N3O/c15-10-6-9(7-11(16)12(10)17)14-18-13(19-20-14)8-4-2-1-3-5-8/h1-7H,17H2. The van der Waals surface area contributed by atoms with Crippen molar-refractivity contribution < 1.29 is 4.52 Å². The summed E-state index contributed by atoms with van der Waals surface area (Å²) in [5.74, 6) is 0.845. The summed E-state index contributed by atoms with van der Waals surface area (Å²) in [5, 5.41) is 4.65. The van der Waals surface area contributed by atoms with Crippen LogP contribution >= 0.6 is 23.2 Å². The van der Waals surface area contributed by atoms with Crippen molar-refractivity contribution in [1.29, 1.82) is 0 Å². The Kier molecular flexibility index (Phi) is 3.34. The Morgan fingerprint density at radius 1 is 0.950 bits per heavy atom. The van der Waals surface area contributed by atoms with Gasteiger partial charge >= 0.3 is 0 Å². The first kappa shape index (κ1) is 13.0. The van der Waals surface area contributed by atoms with E-state index < -0.39 is 0 Å². The molecule has 100 valence electrons. The maximum absolute atomic E-state index is 5.99. The molecule has 3 rings (SSSR count). The minimum absolute atomic E-state index is 0.333. The number of benzene rings is 2. The highest BCUT2D eigenvalue weighted by atomic mass is 35.5. The zero-order valence-electron chi connectivity index (χ0n) is 10.2. The van der Waals surface area contributed by atoms with Gasteiger partial charge in [0.05, 0.1) is 15.7 Å². The predicted molar refractivity (Wildman–Crippen MR) is 79.6 cm³/mol. The third-order valence-corrected chi connectivity index (χ3v) is 3.41. The van der Waals surface area contributed by atoms with Gasteiger partial charge in [-0.1, -0.05) is 58.7 Å². The maximum Gasteiger partial charge on any atom is 0.258 e. The van der Waals surface area contributed by atoms with E-state index in [-0.39, 0.29) is 0 Å². The Hall–Kier alpha value is -2.04. The second kappa shape index (κ2) is 5.15. The van der Waals surface area contributed by atoms with Gasteiger partial charge < -0.3 is 10.3 Å². The van der Waals surface area contributed by atoms with Crippen molar-refractivity contribution in [2.24, 2.45) is 0 Å². The topological polar surface area (TPSA) is 64.9 Å². The molecule has 6 heteroatoms. The van der Waals surface area contributed by atoms with Crippen LogP contribution in [-0.2, 0) is 0 Å². The van der Waals surface area contributed by atoms with Crippen LogP contribution in [0, 0.1) is 0 Å². The Labute approximate surface area is 125 Å². The number of hydrogen-bond donors (Lipinski definition) is 1. The number of halogens is 2. The molecule has 0 amide bonds. The molecule has 1 heterocycles. The molecule has 0 saturated heterocycles. The zero-order chi connectivity index (χ0) is 14.1. The molecule has 0 saturated carbocycles. The fraction of sp³-hybridized carbons (Fsp3) is 0. The van der Waals surface area contributed by atoms with Crippen molar-refractivity contribution in [1.82, 2.24) is 10.1 Å². The van der Waals surface area contributed by atoms with Crippen molar-refractivity contribution in [3.05, 3.63) is 52.5 Å². The highest BCUT2D eigenvalue weighted by molar-refractivity contribution is 6.39. The number of nitrogens with two attached hydrogens (primary N) is 1. The van der Waals surface area contributed by atoms with Crippen molar-refractivity contribution in [2.75, 3.05) is 5.73 Å². The van der Waals surface area contributed by atoms with Crippen molar-refractivity contribution >= 4 is 28.9 Å². The number of anilines is 1. The normalized spacial score (nSPS) is 10.7. The minimum Gasteiger partial charge on any atom is -0.396 e. The van der Waals surface area contributed by atoms with Gasteiger partial charge in [0, 0.05) is 11.1 Å². The number of hydrogen-bond acceptors (Lipinski definition) is 4. The van der Waals surface area contributed by atoms with E-state index in [2.05, 4.69) is 10.1 Å². The van der Waals surface area contributed by atoms with Crippen molar-refractivity contribution in [3.8, 4) is 22.8 Å². The molecule has 0 radical (unpaired) electrons. The van der Waals surface area contributed by atoms with Gasteiger partial charge in [-0.05, 0) is 12.1 Å². The molecular weight excluding hydrogens is 297 g/mol. The average Bonchev–Trinajstić information content (AvgIpc) is 2.95. The summed E-state index contributed by atoms with van der Waals surface area (Å²) >= 11 is 12.0. The molecular formula is C14H9Cl2N3O. The van der Waals surface area contributed by atoms with E-state index in [1.807, 2.05) is 30.3 Å². The molecule has 20 heavy (non-hydrogen) atoms. The number of nitrogens with zero attached hydrogens (tertiary/aromatic N) is 2. The Balaban J connectivity index is 2.03. The Morgan fingerprint density at radius 3 is 2.25 bits per heavy atom. The monoisotopic (exact) mass is 305 g/mol. The van der Waals surface area contributed by atoms with E-state index in [1.165, 1.54) is 0 Å². The van der Waals surface area contributed by atoms with Crippen LogP contribution in [0.25, 0.3) is 22.8 Å². The second-order valence-electron chi connectivity index (χ2n) is 4.14. The van der Waals surface area contributed by atoms with Crippen LogP contribution in [0.3, 0.4) is 0 Å². The molecule has 2 aromatic carbocycles. The Bertz CT molecular complexity index is 733. The highest BCUT2D eigenvalue weighted by Gasteiger charge is 2.13. The summed E-state index contributed by atoms with van der Waals surface area (Å²) in [7, 11) is 0. The van der Waals surface area contributed by atoms with Gasteiger partial charge in [-0.25, -0.2) is 0 Å². The van der Waals surface area contributed by atoms with E-state index in [0.717, 1.165) is 5.56 Å². The molecule has 3 aromatic rings. The van der Waals surface area contributed by atoms with Gasteiger partial charge in [0.25, 0.3) is 5.89 Å². The summed E-state index contributed by atoms with van der Waals surface area (Å²) in [6, 6.07) is 12.8. The molecule has 0 atom stereocenters. The molecule has 2 N–H and O–H groups in total. The number of aromatic nitrogens is 2. The van der Waals surface area contributed by atoms with Crippen molar-refractivity contribution in [2.45, 2.75) is 0 Å². The molecule has 0 aliphatic heterocycles. The summed E-state index contributed by atoms with van der Waals surface area (Å²) < 4.78 is 5.24. The summed E-state index contributed by atoms with van der Waals surface area (Å²) in [4.78, 5) is 4.33. The van der Waals surface area contributed by atoms with Crippen LogP contribution in [0.4, 0.5) is 5.69 Å². The maximum atomic E-state index is 5.99. The van der Waals surface area contributed by atoms with Crippen LogP contribution in [0.5, 0.6) is 0 Å². The van der Waals surface area contributed by atoms with Crippen LogP contribution < -0.4 is 5.73 Å². The second-order valence-corrected chi connectivity index (χ2v) is 4.96. The molecule has 0 aliphatic carbocycles. The van der Waals surface area contributed by atoms with Crippen molar-refractivity contribution in [3.63, 3.8) is 0 Å². The number of nitrogen functional groups attached to an aromatic ring is 1. The predicted octanol–water partition coefficient (Wildman–Crippen LogP) is 4.29.